The van der Waals surface area contributed by atoms with Crippen LogP contribution in [0.3, 0.4) is 0 Å². The number of piperidine rings is 1. The van der Waals surface area contributed by atoms with E-state index in [9.17, 15) is 19.1 Å². The molecule has 2 rings (SSSR count). The van der Waals surface area contributed by atoms with Crippen molar-refractivity contribution < 1.29 is 19.1 Å². The van der Waals surface area contributed by atoms with Gasteiger partial charge in [0.25, 0.3) is 5.91 Å². The summed E-state index contributed by atoms with van der Waals surface area (Å²) in [5.41, 5.74) is 0.179. The van der Waals surface area contributed by atoms with Crippen LogP contribution in [0.2, 0.25) is 0 Å². The molecular formula is C16H21FN2O3. The summed E-state index contributed by atoms with van der Waals surface area (Å²) >= 11 is 0. The molecule has 2 atom stereocenters. The molecule has 0 aromatic heterocycles. The first-order valence-electron chi connectivity index (χ1n) is 7.50. The molecule has 0 aliphatic carbocycles. The summed E-state index contributed by atoms with van der Waals surface area (Å²) < 4.78 is 13.1. The number of rotatable bonds is 4. The molecule has 0 saturated carbocycles. The first-order chi connectivity index (χ1) is 10.5. The number of aliphatic hydroxyl groups excluding tert-OH is 1. The lowest BCUT2D eigenvalue weighted by Gasteiger charge is -2.37. The summed E-state index contributed by atoms with van der Waals surface area (Å²) in [6.45, 7) is 2.10. The molecule has 1 aliphatic rings. The molecule has 0 radical (unpaired) electrons. The lowest BCUT2D eigenvalue weighted by molar-refractivity contribution is -0.136. The molecule has 5 nitrogen and oxygen atoms in total. The number of carbonyl (C=O) groups excluding carboxylic acids is 2. The van der Waals surface area contributed by atoms with Gasteiger partial charge in [-0.05, 0) is 44.4 Å². The highest BCUT2D eigenvalue weighted by molar-refractivity contribution is 5.96. The Labute approximate surface area is 129 Å². The van der Waals surface area contributed by atoms with Crippen LogP contribution in [0, 0.1) is 5.82 Å². The lowest BCUT2D eigenvalue weighted by Crippen LogP contribution is -2.51. The van der Waals surface area contributed by atoms with Gasteiger partial charge < -0.3 is 15.3 Å². The molecule has 0 unspecified atom stereocenters. The number of halogens is 1. The quantitative estimate of drug-likeness (QED) is 0.881. The number of aliphatic hydroxyl groups is 1. The van der Waals surface area contributed by atoms with E-state index >= 15 is 0 Å². The Morgan fingerprint density at radius 3 is 2.91 bits per heavy atom. The number of likely N-dealkylation sites (tertiary alicyclic amines) is 1. The highest BCUT2D eigenvalue weighted by Crippen LogP contribution is 2.19. The van der Waals surface area contributed by atoms with Gasteiger partial charge in [0.05, 0.1) is 18.7 Å². The van der Waals surface area contributed by atoms with Crippen LogP contribution in [0.25, 0.3) is 0 Å². The van der Waals surface area contributed by atoms with Gasteiger partial charge in [-0.1, -0.05) is 6.07 Å². The van der Waals surface area contributed by atoms with Crippen molar-refractivity contribution in [2.24, 2.45) is 0 Å². The zero-order valence-electron chi connectivity index (χ0n) is 12.6. The van der Waals surface area contributed by atoms with Gasteiger partial charge in [-0.25, -0.2) is 4.39 Å². The van der Waals surface area contributed by atoms with Crippen LogP contribution < -0.4 is 5.32 Å². The van der Waals surface area contributed by atoms with Crippen molar-refractivity contribution in [1.29, 1.82) is 0 Å². The highest BCUT2D eigenvalue weighted by Gasteiger charge is 2.29. The second-order valence-corrected chi connectivity index (χ2v) is 5.58. The Morgan fingerprint density at radius 2 is 2.23 bits per heavy atom. The van der Waals surface area contributed by atoms with E-state index in [0.717, 1.165) is 25.3 Å². The number of carbonyl (C=O) groups is 2. The minimum absolute atomic E-state index is 0.154. The lowest BCUT2D eigenvalue weighted by atomic mass is 9.98. The van der Waals surface area contributed by atoms with E-state index in [2.05, 4.69) is 5.32 Å². The van der Waals surface area contributed by atoms with Crippen LogP contribution in [0.5, 0.6) is 0 Å². The molecule has 120 valence electrons. The summed E-state index contributed by atoms with van der Waals surface area (Å²) in [6, 6.07) is 5.11. The van der Waals surface area contributed by atoms with Crippen molar-refractivity contribution in [2.45, 2.75) is 38.3 Å². The second kappa shape index (κ2) is 7.35. The number of benzene rings is 1. The Balaban J connectivity index is 1.92. The zero-order chi connectivity index (χ0) is 16.1. The van der Waals surface area contributed by atoms with Crippen LogP contribution in [-0.4, -0.2) is 47.1 Å². The zero-order valence-corrected chi connectivity index (χ0v) is 12.6. The topological polar surface area (TPSA) is 69.6 Å². The molecule has 1 aliphatic heterocycles. The van der Waals surface area contributed by atoms with Crippen LogP contribution >= 0.6 is 0 Å². The first-order valence-corrected chi connectivity index (χ1v) is 7.50. The van der Waals surface area contributed by atoms with E-state index in [4.69, 9.17) is 0 Å². The summed E-state index contributed by atoms with van der Waals surface area (Å²) in [5, 5.41) is 12.3. The van der Waals surface area contributed by atoms with Crippen molar-refractivity contribution >= 4 is 11.8 Å². The molecule has 1 aromatic rings. The van der Waals surface area contributed by atoms with Crippen LogP contribution in [0.1, 0.15) is 36.5 Å². The highest BCUT2D eigenvalue weighted by atomic mass is 19.1. The molecule has 1 fully saturated rings. The van der Waals surface area contributed by atoms with Gasteiger partial charge in [-0.3, -0.25) is 9.59 Å². The van der Waals surface area contributed by atoms with Crippen molar-refractivity contribution in [3.05, 3.63) is 35.6 Å². The fourth-order valence-electron chi connectivity index (χ4n) is 2.76. The molecule has 0 bridgehead atoms. The van der Waals surface area contributed by atoms with Gasteiger partial charge in [0.2, 0.25) is 5.91 Å². The van der Waals surface area contributed by atoms with Gasteiger partial charge in [-0.2, -0.15) is 0 Å². The first kappa shape index (κ1) is 16.4. The van der Waals surface area contributed by atoms with E-state index in [1.54, 1.807) is 11.8 Å². The fourth-order valence-corrected chi connectivity index (χ4v) is 2.76. The predicted molar refractivity (Wildman–Crippen MR) is 79.8 cm³/mol. The van der Waals surface area contributed by atoms with Crippen molar-refractivity contribution in [1.82, 2.24) is 10.2 Å². The monoisotopic (exact) mass is 308 g/mol. The average Bonchev–Trinajstić information content (AvgIpc) is 2.52. The predicted octanol–water partition coefficient (Wildman–Crippen LogP) is 1.32. The van der Waals surface area contributed by atoms with Crippen molar-refractivity contribution in [2.75, 3.05) is 13.1 Å². The van der Waals surface area contributed by atoms with Gasteiger partial charge in [0.1, 0.15) is 5.82 Å². The number of nitrogens with zero attached hydrogens (tertiary/aromatic N) is 1. The third-order valence-corrected chi connectivity index (χ3v) is 3.91. The molecule has 0 spiro atoms. The summed E-state index contributed by atoms with van der Waals surface area (Å²) in [6.07, 6.45) is 2.05. The number of hydrogen-bond donors (Lipinski definition) is 2. The smallest absolute Gasteiger partial charge is 0.251 e. The Kier molecular flexibility index (Phi) is 5.49. The van der Waals surface area contributed by atoms with E-state index in [0.29, 0.717) is 6.54 Å². The van der Waals surface area contributed by atoms with E-state index in [-0.39, 0.29) is 24.1 Å². The van der Waals surface area contributed by atoms with Gasteiger partial charge in [0.15, 0.2) is 0 Å². The normalized spacial score (nSPS) is 19.6. The summed E-state index contributed by atoms with van der Waals surface area (Å²) in [5.74, 6) is -1.21. The number of amides is 2. The van der Waals surface area contributed by atoms with E-state index < -0.39 is 17.8 Å². The van der Waals surface area contributed by atoms with E-state index in [1.807, 2.05) is 0 Å². The molecule has 2 amide bonds. The van der Waals surface area contributed by atoms with Crippen molar-refractivity contribution in [3.63, 3.8) is 0 Å². The Hall–Kier alpha value is -1.95. The minimum Gasteiger partial charge on any atom is -0.391 e. The van der Waals surface area contributed by atoms with Crippen LogP contribution in [0.4, 0.5) is 4.39 Å². The largest absolute Gasteiger partial charge is 0.391 e. The maximum Gasteiger partial charge on any atom is 0.251 e. The molecular weight excluding hydrogens is 287 g/mol. The Bertz CT molecular complexity index is 548. The van der Waals surface area contributed by atoms with Crippen LogP contribution in [-0.2, 0) is 4.79 Å². The Morgan fingerprint density at radius 1 is 1.45 bits per heavy atom. The maximum absolute atomic E-state index is 13.1. The molecule has 6 heteroatoms. The SMILES string of the molecule is C[C@H](O)[C@H]1CCCCN1C(=O)CNC(=O)c1cccc(F)c1. The fraction of sp³-hybridized carbons (Fsp3) is 0.500. The van der Waals surface area contributed by atoms with Gasteiger partial charge in [0, 0.05) is 12.1 Å². The summed E-state index contributed by atoms with van der Waals surface area (Å²) in [4.78, 5) is 25.8. The average molecular weight is 308 g/mol. The van der Waals surface area contributed by atoms with Gasteiger partial charge >= 0.3 is 0 Å². The number of hydrogen-bond acceptors (Lipinski definition) is 3. The molecule has 1 aromatic carbocycles. The number of nitrogens with one attached hydrogen (secondary N) is 1. The third kappa shape index (κ3) is 4.04. The van der Waals surface area contributed by atoms with Crippen LogP contribution in [0.15, 0.2) is 24.3 Å². The van der Waals surface area contributed by atoms with Crippen molar-refractivity contribution in [3.8, 4) is 0 Å². The molecule has 1 heterocycles. The standard InChI is InChI=1S/C16H21FN2O3/c1-11(20)14-7-2-3-8-19(14)15(21)10-18-16(22)12-5-4-6-13(17)9-12/h4-6,9,11,14,20H,2-3,7-8,10H2,1H3,(H,18,22)/t11-,14+/m0/s1. The molecule has 1 saturated heterocycles. The van der Waals surface area contributed by atoms with Gasteiger partial charge in [-0.15, -0.1) is 0 Å². The summed E-state index contributed by atoms with van der Waals surface area (Å²) in [7, 11) is 0. The molecule has 22 heavy (non-hydrogen) atoms. The second-order valence-electron chi connectivity index (χ2n) is 5.58. The minimum atomic E-state index is -0.594. The molecule has 2 N–H and O–H groups in total. The third-order valence-electron chi connectivity index (χ3n) is 3.91. The van der Waals surface area contributed by atoms with E-state index in [1.165, 1.54) is 18.2 Å². The maximum atomic E-state index is 13.1.